The summed E-state index contributed by atoms with van der Waals surface area (Å²) in [5.41, 5.74) is 0. The van der Waals surface area contributed by atoms with Gasteiger partial charge < -0.3 is 15.9 Å². The van der Waals surface area contributed by atoms with Crippen molar-refractivity contribution >= 4 is 12.6 Å². The van der Waals surface area contributed by atoms with E-state index >= 15 is 0 Å². The summed E-state index contributed by atoms with van der Waals surface area (Å²) in [6.45, 7) is 3.55. The number of nitrogens with two attached hydrogens (primary N) is 1. The highest BCUT2D eigenvalue weighted by atomic mass is 19.1. The highest BCUT2D eigenvalue weighted by Gasteiger charge is 2.05. The van der Waals surface area contributed by atoms with Gasteiger partial charge in [0.2, 0.25) is 0 Å². The minimum atomic E-state index is -0.321. The summed E-state index contributed by atoms with van der Waals surface area (Å²) in [5, 5.41) is 6.42. The van der Waals surface area contributed by atoms with Crippen LogP contribution in [-0.2, 0) is 4.74 Å². The lowest BCUT2D eigenvalue weighted by molar-refractivity contribution is 0.311. The molecule has 15 heavy (non-hydrogen) atoms. The van der Waals surface area contributed by atoms with Crippen molar-refractivity contribution in [2.45, 2.75) is 12.8 Å². The second kappa shape index (κ2) is 8.98. The zero-order valence-electron chi connectivity index (χ0n) is 8.87. The summed E-state index contributed by atoms with van der Waals surface area (Å²) in [4.78, 5) is 3.55. The molecule has 0 fully saturated rings. The molecule has 0 saturated carbocycles. The molecule has 0 rings (SSSR count). The van der Waals surface area contributed by atoms with Gasteiger partial charge in [-0.1, -0.05) is 0 Å². The Morgan fingerprint density at radius 3 is 2.80 bits per heavy atom. The van der Waals surface area contributed by atoms with E-state index in [9.17, 15) is 4.39 Å². The fourth-order valence-corrected chi connectivity index (χ4v) is 0.916. The molecule has 0 heterocycles. The molecule has 0 aromatic rings. The second-order valence-electron chi connectivity index (χ2n) is 2.68. The van der Waals surface area contributed by atoms with Crippen LogP contribution in [0.1, 0.15) is 12.8 Å². The topological polar surface area (TPSA) is 72.0 Å². The van der Waals surface area contributed by atoms with E-state index < -0.39 is 0 Å². The molecular formula is C9H17FN4O. The quantitative estimate of drug-likeness (QED) is 0.165. The van der Waals surface area contributed by atoms with Gasteiger partial charge in [-0.2, -0.15) is 5.10 Å². The number of rotatable bonds is 7. The van der Waals surface area contributed by atoms with Gasteiger partial charge >= 0.3 is 0 Å². The van der Waals surface area contributed by atoms with E-state index in [-0.39, 0.29) is 6.67 Å². The highest BCUT2D eigenvalue weighted by molar-refractivity contribution is 5.96. The number of nitrogens with one attached hydrogen (secondary N) is 1. The molecule has 0 saturated heterocycles. The van der Waals surface area contributed by atoms with Gasteiger partial charge in [0.1, 0.15) is 0 Å². The van der Waals surface area contributed by atoms with E-state index in [1.54, 1.807) is 0 Å². The Hall–Kier alpha value is -1.59. The Balaban J connectivity index is 4.12. The molecule has 0 aliphatic carbocycles. The van der Waals surface area contributed by atoms with Crippen LogP contribution in [0.3, 0.4) is 0 Å². The molecule has 0 aromatic heterocycles. The van der Waals surface area contributed by atoms with Crippen LogP contribution in [-0.4, -0.2) is 32.9 Å². The Morgan fingerprint density at radius 1 is 1.60 bits per heavy atom. The first-order valence-electron chi connectivity index (χ1n) is 4.58. The van der Waals surface area contributed by atoms with Crippen LogP contribution in [0.15, 0.2) is 22.1 Å². The Labute approximate surface area is 88.9 Å². The first-order chi connectivity index (χ1) is 7.29. The Bertz CT molecular complexity index is 240. The van der Waals surface area contributed by atoms with Crippen molar-refractivity contribution in [2.75, 3.05) is 20.3 Å². The molecule has 0 aliphatic rings. The highest BCUT2D eigenvalue weighted by Crippen LogP contribution is 1.97. The zero-order valence-corrected chi connectivity index (χ0v) is 8.87. The number of hydrazone groups is 1. The molecule has 0 unspecified atom stereocenters. The normalized spacial score (nSPS) is 12.4. The monoisotopic (exact) mass is 216 g/mol. The minimum Gasteiger partial charge on any atom is -0.491 e. The second-order valence-corrected chi connectivity index (χ2v) is 2.68. The van der Waals surface area contributed by atoms with Crippen LogP contribution in [0.25, 0.3) is 0 Å². The number of unbranched alkanes of at least 4 members (excludes halogenated alkanes) is 1. The Morgan fingerprint density at radius 2 is 2.33 bits per heavy atom. The smallest absolute Gasteiger partial charge is 0.189 e. The van der Waals surface area contributed by atoms with E-state index in [0.717, 1.165) is 0 Å². The van der Waals surface area contributed by atoms with E-state index in [4.69, 9.17) is 10.6 Å². The van der Waals surface area contributed by atoms with Gasteiger partial charge in [0.15, 0.2) is 11.6 Å². The number of hydrogen-bond donors (Lipinski definition) is 2. The number of amidine groups is 1. The number of methoxy groups -OCH3 is 1. The van der Waals surface area contributed by atoms with E-state index in [1.807, 2.05) is 0 Å². The maximum absolute atomic E-state index is 11.8. The van der Waals surface area contributed by atoms with Gasteiger partial charge in [-0.3, -0.25) is 9.38 Å². The van der Waals surface area contributed by atoms with Crippen LogP contribution < -0.4 is 11.2 Å². The van der Waals surface area contributed by atoms with Gasteiger partial charge in [-0.05, 0) is 19.6 Å². The number of hydrogen-bond acceptors (Lipinski definition) is 4. The molecule has 5 nitrogen and oxygen atoms in total. The van der Waals surface area contributed by atoms with Crippen molar-refractivity contribution in [1.29, 1.82) is 0 Å². The van der Waals surface area contributed by atoms with Crippen LogP contribution in [0, 0.1) is 0 Å². The number of alkyl halides is 1. The predicted molar refractivity (Wildman–Crippen MR) is 59.5 cm³/mol. The molecule has 6 heteroatoms. The third kappa shape index (κ3) is 5.66. The van der Waals surface area contributed by atoms with Crippen molar-refractivity contribution in [3.63, 3.8) is 0 Å². The fraction of sp³-hybridized carbons (Fsp3) is 0.556. The maximum Gasteiger partial charge on any atom is 0.189 e. The summed E-state index contributed by atoms with van der Waals surface area (Å²) >= 11 is 0. The fourth-order valence-electron chi connectivity index (χ4n) is 0.916. The van der Waals surface area contributed by atoms with Gasteiger partial charge in [0.05, 0.1) is 20.0 Å². The molecule has 0 radical (unpaired) electrons. The molecule has 0 spiro atoms. The lowest BCUT2D eigenvalue weighted by atomic mass is 10.3. The van der Waals surface area contributed by atoms with Gasteiger partial charge in [0, 0.05) is 6.54 Å². The zero-order chi connectivity index (χ0) is 11.5. The summed E-state index contributed by atoms with van der Waals surface area (Å²) in [6.07, 6.45) is 2.61. The molecule has 0 aromatic carbocycles. The summed E-state index contributed by atoms with van der Waals surface area (Å²) in [7, 11) is 1.48. The van der Waals surface area contributed by atoms with E-state index in [1.165, 1.54) is 13.3 Å². The number of aliphatic imine (C=N–C) groups is 1. The van der Waals surface area contributed by atoms with Crippen molar-refractivity contribution in [2.24, 2.45) is 15.9 Å². The van der Waals surface area contributed by atoms with Crippen molar-refractivity contribution < 1.29 is 9.13 Å². The van der Waals surface area contributed by atoms with Crippen molar-refractivity contribution in [1.82, 2.24) is 5.32 Å². The van der Waals surface area contributed by atoms with Gasteiger partial charge in [-0.15, -0.1) is 0 Å². The lowest BCUT2D eigenvalue weighted by Gasteiger charge is -2.09. The molecular weight excluding hydrogens is 199 g/mol. The predicted octanol–water partition coefficient (Wildman–Crippen LogP) is 0.786. The molecule has 0 bridgehead atoms. The lowest BCUT2D eigenvalue weighted by Crippen LogP contribution is -2.28. The SMILES string of the molecule is C=N/C=C(OC)\C(=N/N)NCCCCF. The maximum atomic E-state index is 11.8. The molecule has 86 valence electrons. The first kappa shape index (κ1) is 13.4. The Kier molecular flexibility index (Phi) is 8.03. The van der Waals surface area contributed by atoms with Crippen molar-refractivity contribution in [3.05, 3.63) is 12.0 Å². The summed E-state index contributed by atoms with van der Waals surface area (Å²) in [5.74, 6) is 5.94. The number of ether oxygens (including phenoxy) is 1. The molecule has 0 amide bonds. The largest absolute Gasteiger partial charge is 0.491 e. The standard InChI is InChI=1S/C9H17FN4O/c1-12-7-8(15-2)9(14-11)13-6-4-3-5-10/h7H,1,3-6,11H2,2H3,(H,13,14)/b8-7+. The minimum absolute atomic E-state index is 0.321. The van der Waals surface area contributed by atoms with Gasteiger partial charge in [-0.25, -0.2) is 0 Å². The first-order valence-corrected chi connectivity index (χ1v) is 4.58. The summed E-state index contributed by atoms with van der Waals surface area (Å²) < 4.78 is 16.8. The third-order valence-electron chi connectivity index (χ3n) is 1.64. The van der Waals surface area contributed by atoms with Crippen LogP contribution in [0.5, 0.6) is 0 Å². The number of nitrogens with zero attached hydrogens (tertiary/aromatic N) is 2. The van der Waals surface area contributed by atoms with Crippen LogP contribution in [0.4, 0.5) is 4.39 Å². The number of halogens is 1. The van der Waals surface area contributed by atoms with E-state index in [0.29, 0.717) is 31.0 Å². The summed E-state index contributed by atoms with van der Waals surface area (Å²) in [6, 6.07) is 0. The molecule has 0 aliphatic heterocycles. The average molecular weight is 216 g/mol. The molecule has 3 N–H and O–H groups in total. The molecule has 0 atom stereocenters. The van der Waals surface area contributed by atoms with Gasteiger partial charge in [0.25, 0.3) is 0 Å². The van der Waals surface area contributed by atoms with E-state index in [2.05, 4.69) is 22.1 Å². The van der Waals surface area contributed by atoms with Crippen LogP contribution in [0.2, 0.25) is 0 Å². The van der Waals surface area contributed by atoms with Crippen molar-refractivity contribution in [3.8, 4) is 0 Å². The average Bonchev–Trinajstić information content (AvgIpc) is 2.27. The van der Waals surface area contributed by atoms with Crippen LogP contribution >= 0.6 is 0 Å². The third-order valence-corrected chi connectivity index (χ3v) is 1.64.